The molecule has 26 nitrogen and oxygen atoms in total. The van der Waals surface area contributed by atoms with E-state index >= 15 is 0 Å². The molecule has 0 amide bonds. The Morgan fingerprint density at radius 3 is 0.745 bits per heavy atom. The first-order valence-electron chi connectivity index (χ1n) is 39.3. The van der Waals surface area contributed by atoms with Crippen LogP contribution in [0.3, 0.4) is 0 Å². The Hall–Kier alpha value is -6.12. The highest BCUT2D eigenvalue weighted by Crippen LogP contribution is 2.42. The van der Waals surface area contributed by atoms with E-state index in [9.17, 15) is 57.5 Å². The predicted molar refractivity (Wildman–Crippen MR) is 395 cm³/mol. The summed E-state index contributed by atoms with van der Waals surface area (Å²) < 4.78 is 86.2. The summed E-state index contributed by atoms with van der Waals surface area (Å²) in [5, 5.41) is 0. The average molecular weight is 1520 g/mol. The molecular formula is C80H138O26. The minimum atomic E-state index is -1.70. The minimum Gasteiger partial charge on any atom is -0.465 e. The molecule has 0 saturated carbocycles. The number of carbonyl (C=O) groups excluding carboxylic acids is 12. The maximum Gasteiger partial charge on any atom is 0.317 e. The fourth-order valence-electron chi connectivity index (χ4n) is 11.7. The molecular weight excluding hydrogens is 1380 g/mol. The number of ketones is 2. The molecule has 0 N–H and O–H groups in total. The molecule has 0 aliphatic heterocycles. The van der Waals surface area contributed by atoms with Gasteiger partial charge in [-0.15, -0.1) is 0 Å². The fourth-order valence-corrected chi connectivity index (χ4v) is 11.7. The molecule has 0 radical (unpaired) electrons. The summed E-state index contributed by atoms with van der Waals surface area (Å²) in [6.45, 7) is 26.2. The number of esters is 10. The second-order valence-corrected chi connectivity index (χ2v) is 29.6. The van der Waals surface area contributed by atoms with Gasteiger partial charge in [-0.25, -0.2) is 0 Å². The van der Waals surface area contributed by atoms with Gasteiger partial charge in [-0.05, 0) is 130 Å². The fraction of sp³-hybridized carbons (Fsp3) is 0.850. The zero-order chi connectivity index (χ0) is 80.5. The Morgan fingerprint density at radius 1 is 0.226 bits per heavy atom. The van der Waals surface area contributed by atoms with Crippen molar-refractivity contribution >= 4 is 71.3 Å². The molecule has 1 atom stereocenters. The van der Waals surface area contributed by atoms with Gasteiger partial charge >= 0.3 is 59.7 Å². The lowest BCUT2D eigenvalue weighted by Gasteiger charge is -2.45. The molecule has 0 rings (SSSR count). The van der Waals surface area contributed by atoms with Crippen molar-refractivity contribution in [3.8, 4) is 0 Å². The molecule has 26 heteroatoms. The highest BCUT2D eigenvalue weighted by molar-refractivity contribution is 5.91. The van der Waals surface area contributed by atoms with Crippen LogP contribution in [-0.4, -0.2) is 186 Å². The molecule has 0 aromatic rings. The number of hydrogen-bond donors (Lipinski definition) is 0. The van der Waals surface area contributed by atoms with Gasteiger partial charge < -0.3 is 66.3 Å². The van der Waals surface area contributed by atoms with E-state index in [2.05, 4.69) is 0 Å². The van der Waals surface area contributed by atoms with E-state index in [4.69, 9.17) is 66.3 Å². The number of carbonyl (C=O) groups is 12. The quantitative estimate of drug-likeness (QED) is 0.0310. The van der Waals surface area contributed by atoms with E-state index in [0.717, 1.165) is 0 Å². The zero-order valence-corrected chi connectivity index (χ0v) is 68.3. The van der Waals surface area contributed by atoms with E-state index in [-0.39, 0.29) is 148 Å². The van der Waals surface area contributed by atoms with Crippen LogP contribution in [0.25, 0.3) is 0 Å². The lowest BCUT2D eigenvalue weighted by atomic mass is 9.75. The Bertz CT molecular complexity index is 2550. The lowest BCUT2D eigenvalue weighted by Crippen LogP contribution is -2.51. The maximum absolute atomic E-state index is 14.3. The molecule has 0 fully saturated rings. The second kappa shape index (κ2) is 52.9. The molecule has 614 valence electrons. The molecule has 0 aromatic carbocycles. The third kappa shape index (κ3) is 38.3. The van der Waals surface area contributed by atoms with Crippen LogP contribution in [0.5, 0.6) is 0 Å². The average Bonchev–Trinajstić information content (AvgIpc) is 0.807. The summed E-state index contributed by atoms with van der Waals surface area (Å²) in [5.41, 5.74) is -11.3. The smallest absolute Gasteiger partial charge is 0.317 e. The Kier molecular flexibility index (Phi) is 49.8. The van der Waals surface area contributed by atoms with Crippen molar-refractivity contribution < 1.29 is 124 Å². The SMILES string of the molecule is CCCC(=O)OCC(COC(=O)CCC)(COC(=O)CC(=O)OCC(COC(=O)CCC)(COC(=O)CCC)COC(CC)(CC)CC(COC(=O)CCC)(COC(=O)CCC)COC(C)(CC)C(=O)CCC)COC(C)(C)CC(COC(=O)CCC)(COC(=O)CCC)COC(CC)(CC)C(=O)CCC. The van der Waals surface area contributed by atoms with Crippen LogP contribution < -0.4 is 0 Å². The summed E-state index contributed by atoms with van der Waals surface area (Å²) in [7, 11) is 0. The van der Waals surface area contributed by atoms with E-state index in [0.29, 0.717) is 77.0 Å². The Morgan fingerprint density at radius 2 is 0.472 bits per heavy atom. The van der Waals surface area contributed by atoms with E-state index in [1.165, 1.54) is 0 Å². The van der Waals surface area contributed by atoms with Gasteiger partial charge in [0, 0.05) is 64.2 Å². The second-order valence-electron chi connectivity index (χ2n) is 29.6. The van der Waals surface area contributed by atoms with Gasteiger partial charge in [-0.3, -0.25) is 57.5 Å². The van der Waals surface area contributed by atoms with Gasteiger partial charge in [0.05, 0.1) is 59.3 Å². The Labute approximate surface area is 633 Å². The van der Waals surface area contributed by atoms with Crippen molar-refractivity contribution in [2.45, 2.75) is 327 Å². The van der Waals surface area contributed by atoms with Gasteiger partial charge in [-0.1, -0.05) is 104 Å². The van der Waals surface area contributed by atoms with Gasteiger partial charge in [-0.2, -0.15) is 0 Å². The van der Waals surface area contributed by atoms with Crippen molar-refractivity contribution in [3.05, 3.63) is 0 Å². The minimum absolute atomic E-state index is 0.0115. The highest BCUT2D eigenvalue weighted by atomic mass is 16.6. The van der Waals surface area contributed by atoms with Crippen LogP contribution in [-0.2, 0) is 124 Å². The molecule has 0 heterocycles. The van der Waals surface area contributed by atoms with Crippen LogP contribution in [0.15, 0.2) is 0 Å². The van der Waals surface area contributed by atoms with E-state index in [1.807, 2.05) is 76.2 Å². The van der Waals surface area contributed by atoms with Crippen LogP contribution in [0.1, 0.15) is 304 Å². The normalized spacial score (nSPS) is 12.8. The largest absolute Gasteiger partial charge is 0.465 e. The van der Waals surface area contributed by atoms with Gasteiger partial charge in [0.25, 0.3) is 0 Å². The van der Waals surface area contributed by atoms with Crippen molar-refractivity contribution in [1.82, 2.24) is 0 Å². The van der Waals surface area contributed by atoms with Crippen LogP contribution in [0, 0.1) is 21.7 Å². The first kappa shape index (κ1) is 99.9. The Balaban J connectivity index is 8.20. The third-order valence-electron chi connectivity index (χ3n) is 18.8. The highest BCUT2D eigenvalue weighted by Gasteiger charge is 2.50. The summed E-state index contributed by atoms with van der Waals surface area (Å²) in [6, 6.07) is 0. The molecule has 0 spiro atoms. The third-order valence-corrected chi connectivity index (χ3v) is 18.8. The number of ether oxygens (including phenoxy) is 14. The summed E-state index contributed by atoms with van der Waals surface area (Å²) in [6.07, 6.45) is 5.60. The van der Waals surface area contributed by atoms with Crippen LogP contribution in [0.2, 0.25) is 0 Å². The van der Waals surface area contributed by atoms with Crippen molar-refractivity contribution in [2.24, 2.45) is 21.7 Å². The molecule has 106 heavy (non-hydrogen) atoms. The number of hydrogen-bond acceptors (Lipinski definition) is 26. The number of rotatable bonds is 65. The van der Waals surface area contributed by atoms with Crippen molar-refractivity contribution in [3.63, 3.8) is 0 Å². The molecule has 0 aliphatic rings. The van der Waals surface area contributed by atoms with Gasteiger partial charge in [0.2, 0.25) is 0 Å². The zero-order valence-electron chi connectivity index (χ0n) is 68.3. The molecule has 0 saturated heterocycles. The first-order valence-corrected chi connectivity index (χ1v) is 39.3. The molecule has 0 aromatic heterocycles. The van der Waals surface area contributed by atoms with Crippen molar-refractivity contribution in [2.75, 3.05) is 92.5 Å². The topological polar surface area (TPSA) is 334 Å². The summed E-state index contributed by atoms with van der Waals surface area (Å²) in [5.74, 6) is -7.22. The predicted octanol–water partition coefficient (Wildman–Crippen LogP) is 13.8. The van der Waals surface area contributed by atoms with Crippen molar-refractivity contribution in [1.29, 1.82) is 0 Å². The van der Waals surface area contributed by atoms with Gasteiger partial charge in [0.15, 0.2) is 11.6 Å². The summed E-state index contributed by atoms with van der Waals surface area (Å²) >= 11 is 0. The van der Waals surface area contributed by atoms with E-state index < -0.39 is 163 Å². The molecule has 1 unspecified atom stereocenters. The van der Waals surface area contributed by atoms with E-state index in [1.54, 1.807) is 48.5 Å². The van der Waals surface area contributed by atoms with Crippen LogP contribution in [0.4, 0.5) is 0 Å². The molecule has 0 bridgehead atoms. The monoisotopic (exact) mass is 1510 g/mol. The molecule has 0 aliphatic carbocycles. The number of Topliss-reactive ketones (excluding diaryl/α,β-unsaturated/α-hetero) is 2. The van der Waals surface area contributed by atoms with Gasteiger partial charge in [0.1, 0.15) is 83.7 Å². The maximum atomic E-state index is 14.3. The standard InChI is InChI=1S/C80H138O26/c1-19-34-61(81)74(18,29-11)104-57-76(49-95-65(85)38-23-5,50-96-66(86)39-24-6)46-79(30-12,31-13)105-60-78(53-99-69(89)42-27-9,54-100-70(90)43-28-10)56-102-72(92)44-71(91)101-55-77(51-97-67(87)40-25-7,52-98-68(88)41-26-8)59-103-73(16,17)45-75(47-93-63(83)36-21-3,48-94-64(84)37-22-4)58-106-80(32-14,33-15)62(82)35-20-2/h19-60H2,1-18H3. The lowest BCUT2D eigenvalue weighted by molar-refractivity contribution is -0.194. The van der Waals surface area contributed by atoms with Crippen LogP contribution >= 0.6 is 0 Å². The first-order chi connectivity index (χ1) is 50.1. The summed E-state index contributed by atoms with van der Waals surface area (Å²) in [4.78, 5) is 163.